The molecule has 0 bridgehead atoms. The van der Waals surface area contributed by atoms with Crippen LogP contribution in [0.5, 0.6) is 0 Å². The van der Waals surface area contributed by atoms with E-state index in [9.17, 15) is 8.42 Å². The highest BCUT2D eigenvalue weighted by Crippen LogP contribution is 2.15. The maximum absolute atomic E-state index is 12.3. The zero-order chi connectivity index (χ0) is 16.6. The summed E-state index contributed by atoms with van der Waals surface area (Å²) in [5.41, 5.74) is 3.47. The molecule has 0 aliphatic rings. The molecular weight excluding hydrogens is 294 g/mol. The van der Waals surface area contributed by atoms with Crippen molar-refractivity contribution in [3.05, 3.63) is 41.0 Å². The van der Waals surface area contributed by atoms with Crippen LogP contribution in [0.4, 0.5) is 0 Å². The first-order chi connectivity index (χ1) is 10.4. The minimum absolute atomic E-state index is 0.331. The minimum atomic E-state index is -3.43. The van der Waals surface area contributed by atoms with Gasteiger partial charge in [0.2, 0.25) is 10.0 Å². The summed E-state index contributed by atoms with van der Waals surface area (Å²) in [5.74, 6) is 0. The topological polar surface area (TPSA) is 46.2 Å². The number of hydrogen-bond acceptors (Lipinski definition) is 2. The second-order valence-electron chi connectivity index (χ2n) is 6.05. The highest BCUT2D eigenvalue weighted by molar-refractivity contribution is 7.89. The molecule has 0 amide bonds. The SMILES string of the molecule is CCCCCCC(CNS(=O)(=O)c1ccc(C)cc1)=C(C)C. The van der Waals surface area contributed by atoms with Crippen molar-refractivity contribution in [1.82, 2.24) is 4.72 Å². The van der Waals surface area contributed by atoms with E-state index >= 15 is 0 Å². The van der Waals surface area contributed by atoms with Crippen LogP contribution in [0.25, 0.3) is 0 Å². The third-order valence-electron chi connectivity index (χ3n) is 3.85. The molecular formula is C18H29NO2S. The van der Waals surface area contributed by atoms with Gasteiger partial charge >= 0.3 is 0 Å². The van der Waals surface area contributed by atoms with Crippen LogP contribution < -0.4 is 4.72 Å². The van der Waals surface area contributed by atoms with Gasteiger partial charge in [-0.15, -0.1) is 0 Å². The first-order valence-corrected chi connectivity index (χ1v) is 9.56. The number of allylic oxidation sites excluding steroid dienone is 1. The third-order valence-corrected chi connectivity index (χ3v) is 5.26. The zero-order valence-electron chi connectivity index (χ0n) is 14.3. The van der Waals surface area contributed by atoms with E-state index in [2.05, 4.69) is 25.5 Å². The first-order valence-electron chi connectivity index (χ1n) is 8.08. The standard InChI is InChI=1S/C18H29NO2S/c1-5-6-7-8-9-17(15(2)3)14-19-22(20,21)18-12-10-16(4)11-13-18/h10-13,19H,5-9,14H2,1-4H3. The molecule has 0 saturated heterocycles. The van der Waals surface area contributed by atoms with Crippen LogP contribution in [-0.2, 0) is 10.0 Å². The highest BCUT2D eigenvalue weighted by Gasteiger charge is 2.14. The lowest BCUT2D eigenvalue weighted by molar-refractivity contribution is 0.582. The number of benzene rings is 1. The third kappa shape index (κ3) is 6.32. The van der Waals surface area contributed by atoms with Gasteiger partial charge in [0, 0.05) is 6.54 Å². The molecule has 1 N–H and O–H groups in total. The molecule has 1 rings (SSSR count). The summed E-state index contributed by atoms with van der Waals surface area (Å²) in [6, 6.07) is 6.95. The van der Waals surface area contributed by atoms with Crippen molar-refractivity contribution in [2.45, 2.75) is 64.7 Å². The maximum Gasteiger partial charge on any atom is 0.240 e. The van der Waals surface area contributed by atoms with E-state index in [1.807, 2.05) is 19.1 Å². The Kier molecular flexibility index (Phi) is 7.83. The Hall–Kier alpha value is -1.13. The minimum Gasteiger partial charge on any atom is -0.207 e. The fraction of sp³-hybridized carbons (Fsp3) is 0.556. The van der Waals surface area contributed by atoms with Crippen molar-refractivity contribution in [2.75, 3.05) is 6.54 Å². The summed E-state index contributed by atoms with van der Waals surface area (Å²) in [5, 5.41) is 0. The van der Waals surface area contributed by atoms with E-state index in [4.69, 9.17) is 0 Å². The van der Waals surface area contributed by atoms with Gasteiger partial charge in [0.1, 0.15) is 0 Å². The molecule has 124 valence electrons. The Morgan fingerprint density at radius 3 is 2.23 bits per heavy atom. The molecule has 0 unspecified atom stereocenters. The van der Waals surface area contributed by atoms with Gasteiger partial charge in [-0.3, -0.25) is 0 Å². The summed E-state index contributed by atoms with van der Waals surface area (Å²) in [6.45, 7) is 8.65. The molecule has 0 aromatic heterocycles. The Labute approximate surface area is 135 Å². The van der Waals surface area contributed by atoms with Crippen LogP contribution in [0.3, 0.4) is 0 Å². The number of nitrogens with one attached hydrogen (secondary N) is 1. The van der Waals surface area contributed by atoms with Crippen molar-refractivity contribution in [3.63, 3.8) is 0 Å². The molecule has 0 fully saturated rings. The molecule has 0 heterocycles. The Morgan fingerprint density at radius 2 is 1.68 bits per heavy atom. The quantitative estimate of drug-likeness (QED) is 0.534. The van der Waals surface area contributed by atoms with Gasteiger partial charge in [-0.05, 0) is 45.7 Å². The van der Waals surface area contributed by atoms with Crippen molar-refractivity contribution in [2.24, 2.45) is 0 Å². The van der Waals surface area contributed by atoms with E-state index < -0.39 is 10.0 Å². The van der Waals surface area contributed by atoms with Crippen LogP contribution in [-0.4, -0.2) is 15.0 Å². The molecule has 0 radical (unpaired) electrons. The molecule has 0 saturated carbocycles. The molecule has 1 aromatic rings. The molecule has 3 nitrogen and oxygen atoms in total. The van der Waals surface area contributed by atoms with Crippen molar-refractivity contribution >= 4 is 10.0 Å². The van der Waals surface area contributed by atoms with Gasteiger partial charge in [-0.25, -0.2) is 13.1 Å². The number of sulfonamides is 1. The fourth-order valence-corrected chi connectivity index (χ4v) is 3.29. The van der Waals surface area contributed by atoms with Crippen LogP contribution in [0.15, 0.2) is 40.3 Å². The van der Waals surface area contributed by atoms with Gasteiger partial charge in [0.25, 0.3) is 0 Å². The maximum atomic E-state index is 12.3. The van der Waals surface area contributed by atoms with E-state index in [-0.39, 0.29) is 0 Å². The first kappa shape index (κ1) is 18.9. The molecule has 0 aliphatic heterocycles. The van der Waals surface area contributed by atoms with E-state index in [1.165, 1.54) is 30.4 Å². The van der Waals surface area contributed by atoms with Crippen LogP contribution in [0.2, 0.25) is 0 Å². The number of hydrogen-bond donors (Lipinski definition) is 1. The van der Waals surface area contributed by atoms with Gasteiger partial charge in [0.15, 0.2) is 0 Å². The molecule has 0 aliphatic carbocycles. The lowest BCUT2D eigenvalue weighted by Crippen LogP contribution is -2.26. The largest absolute Gasteiger partial charge is 0.240 e. The molecule has 22 heavy (non-hydrogen) atoms. The molecule has 1 aromatic carbocycles. The molecule has 4 heteroatoms. The summed E-state index contributed by atoms with van der Waals surface area (Å²) in [4.78, 5) is 0.331. The predicted molar refractivity (Wildman–Crippen MR) is 93.5 cm³/mol. The van der Waals surface area contributed by atoms with Gasteiger partial charge < -0.3 is 0 Å². The predicted octanol–water partition coefficient (Wildman–Crippen LogP) is 4.58. The lowest BCUT2D eigenvalue weighted by atomic mass is 10.0. The van der Waals surface area contributed by atoms with Gasteiger partial charge in [-0.2, -0.15) is 0 Å². The van der Waals surface area contributed by atoms with E-state index in [0.29, 0.717) is 11.4 Å². The average molecular weight is 324 g/mol. The smallest absolute Gasteiger partial charge is 0.207 e. The van der Waals surface area contributed by atoms with Crippen LogP contribution in [0, 0.1) is 6.92 Å². The second-order valence-corrected chi connectivity index (χ2v) is 7.82. The number of aryl methyl sites for hydroxylation is 1. The molecule has 0 atom stereocenters. The number of unbranched alkanes of at least 4 members (excludes halogenated alkanes) is 3. The summed E-state index contributed by atoms with van der Waals surface area (Å²) >= 11 is 0. The van der Waals surface area contributed by atoms with Crippen LogP contribution >= 0.6 is 0 Å². The van der Waals surface area contributed by atoms with Gasteiger partial charge in [0.05, 0.1) is 4.90 Å². The van der Waals surface area contributed by atoms with E-state index in [0.717, 1.165) is 18.4 Å². The Bertz CT molecular complexity index is 582. The van der Waals surface area contributed by atoms with Gasteiger partial charge in [-0.1, -0.05) is 55.0 Å². The normalized spacial score (nSPS) is 11.5. The number of rotatable bonds is 9. The summed E-state index contributed by atoms with van der Waals surface area (Å²) in [6.07, 6.45) is 5.76. The van der Waals surface area contributed by atoms with Crippen molar-refractivity contribution in [1.29, 1.82) is 0 Å². The van der Waals surface area contributed by atoms with Crippen molar-refractivity contribution in [3.8, 4) is 0 Å². The van der Waals surface area contributed by atoms with E-state index in [1.54, 1.807) is 12.1 Å². The fourth-order valence-electron chi connectivity index (χ4n) is 2.26. The highest BCUT2D eigenvalue weighted by atomic mass is 32.2. The Balaban J connectivity index is 2.64. The average Bonchev–Trinajstić information content (AvgIpc) is 2.46. The molecule has 0 spiro atoms. The second kappa shape index (κ2) is 9.11. The monoisotopic (exact) mass is 323 g/mol. The van der Waals surface area contributed by atoms with Crippen LogP contribution in [0.1, 0.15) is 58.4 Å². The summed E-state index contributed by atoms with van der Waals surface area (Å²) < 4.78 is 27.4. The summed E-state index contributed by atoms with van der Waals surface area (Å²) in [7, 11) is -3.43. The Morgan fingerprint density at radius 1 is 1.05 bits per heavy atom. The zero-order valence-corrected chi connectivity index (χ0v) is 15.1. The van der Waals surface area contributed by atoms with Crippen molar-refractivity contribution < 1.29 is 8.42 Å². The lowest BCUT2D eigenvalue weighted by Gasteiger charge is -2.12.